The normalized spacial score (nSPS) is 20.9. The van der Waals surface area contributed by atoms with E-state index >= 15 is 0 Å². The topological polar surface area (TPSA) is 95.9 Å². The maximum atomic E-state index is 12.5. The SMILES string of the molecule is COC(=O)[C@@H](Cc1cccc(Cl)c1)NC(=O)[C@@H]1C[C@@H](O)CN1C(C)=O. The van der Waals surface area contributed by atoms with Gasteiger partial charge in [0.15, 0.2) is 0 Å². The van der Waals surface area contributed by atoms with Gasteiger partial charge in [-0.3, -0.25) is 9.59 Å². The summed E-state index contributed by atoms with van der Waals surface area (Å²) in [6, 6.07) is 5.22. The van der Waals surface area contributed by atoms with Crippen molar-refractivity contribution >= 4 is 29.4 Å². The van der Waals surface area contributed by atoms with Crippen LogP contribution in [0.2, 0.25) is 5.02 Å². The van der Waals surface area contributed by atoms with Crippen molar-refractivity contribution < 1.29 is 24.2 Å². The summed E-state index contributed by atoms with van der Waals surface area (Å²) in [5.41, 5.74) is 0.762. The molecule has 8 heteroatoms. The number of aliphatic hydroxyl groups is 1. The van der Waals surface area contributed by atoms with E-state index in [1.165, 1.54) is 18.9 Å². The number of hydrogen-bond acceptors (Lipinski definition) is 5. The summed E-state index contributed by atoms with van der Waals surface area (Å²) in [5, 5.41) is 12.9. The number of nitrogens with zero attached hydrogens (tertiary/aromatic N) is 1. The molecule has 3 atom stereocenters. The maximum absolute atomic E-state index is 12.5. The Kier molecular flexibility index (Phi) is 6.39. The van der Waals surface area contributed by atoms with Gasteiger partial charge in [-0.05, 0) is 17.7 Å². The first-order valence-electron chi connectivity index (χ1n) is 7.89. The molecule has 2 rings (SSSR count). The Hall–Kier alpha value is -2.12. The van der Waals surface area contributed by atoms with Crippen LogP contribution in [0.4, 0.5) is 0 Å². The number of hydrogen-bond donors (Lipinski definition) is 2. The van der Waals surface area contributed by atoms with Crippen molar-refractivity contribution in [3.63, 3.8) is 0 Å². The molecule has 7 nitrogen and oxygen atoms in total. The van der Waals surface area contributed by atoms with Crippen molar-refractivity contribution in [1.29, 1.82) is 0 Å². The average molecular weight is 369 g/mol. The van der Waals surface area contributed by atoms with E-state index in [4.69, 9.17) is 16.3 Å². The summed E-state index contributed by atoms with van der Waals surface area (Å²) < 4.78 is 4.76. The van der Waals surface area contributed by atoms with Crippen molar-refractivity contribution in [3.05, 3.63) is 34.9 Å². The number of esters is 1. The Morgan fingerprint density at radius 1 is 1.44 bits per heavy atom. The average Bonchev–Trinajstić information content (AvgIpc) is 2.96. The van der Waals surface area contributed by atoms with E-state index in [9.17, 15) is 19.5 Å². The minimum atomic E-state index is -0.914. The molecule has 1 aromatic rings. The second-order valence-corrected chi connectivity index (χ2v) is 6.43. The molecule has 0 unspecified atom stereocenters. The third kappa shape index (κ3) is 4.93. The summed E-state index contributed by atoms with van der Waals surface area (Å²) >= 11 is 5.95. The highest BCUT2D eigenvalue weighted by molar-refractivity contribution is 6.30. The highest BCUT2D eigenvalue weighted by atomic mass is 35.5. The van der Waals surface area contributed by atoms with Gasteiger partial charge in [-0.2, -0.15) is 0 Å². The van der Waals surface area contributed by atoms with Crippen LogP contribution in [0, 0.1) is 0 Å². The monoisotopic (exact) mass is 368 g/mol. The lowest BCUT2D eigenvalue weighted by Crippen LogP contribution is -2.51. The van der Waals surface area contributed by atoms with Gasteiger partial charge in [0.25, 0.3) is 0 Å². The quantitative estimate of drug-likeness (QED) is 0.739. The Morgan fingerprint density at radius 3 is 2.76 bits per heavy atom. The lowest BCUT2D eigenvalue weighted by atomic mass is 10.0. The van der Waals surface area contributed by atoms with Gasteiger partial charge in [0.05, 0.1) is 13.2 Å². The molecule has 1 saturated heterocycles. The van der Waals surface area contributed by atoms with Crippen molar-refractivity contribution in [1.82, 2.24) is 10.2 Å². The van der Waals surface area contributed by atoms with Crippen LogP contribution < -0.4 is 5.32 Å². The molecule has 25 heavy (non-hydrogen) atoms. The smallest absolute Gasteiger partial charge is 0.328 e. The van der Waals surface area contributed by atoms with Crippen LogP contribution in [-0.2, 0) is 25.5 Å². The first-order chi connectivity index (χ1) is 11.8. The number of rotatable bonds is 5. The van der Waals surface area contributed by atoms with Crippen LogP contribution >= 0.6 is 11.6 Å². The van der Waals surface area contributed by atoms with Crippen LogP contribution in [-0.4, -0.2) is 59.6 Å². The largest absolute Gasteiger partial charge is 0.467 e. The third-order valence-corrected chi connectivity index (χ3v) is 4.35. The molecule has 2 amide bonds. The molecule has 1 aromatic carbocycles. The molecule has 1 heterocycles. The lowest BCUT2D eigenvalue weighted by molar-refractivity contribution is -0.146. The van der Waals surface area contributed by atoms with E-state index in [1.807, 2.05) is 0 Å². The zero-order chi connectivity index (χ0) is 18.6. The number of methoxy groups -OCH3 is 1. The van der Waals surface area contributed by atoms with E-state index in [0.29, 0.717) is 5.02 Å². The maximum Gasteiger partial charge on any atom is 0.328 e. The van der Waals surface area contributed by atoms with Crippen molar-refractivity contribution in [2.45, 2.75) is 38.0 Å². The summed E-state index contributed by atoms with van der Waals surface area (Å²) in [6.45, 7) is 1.44. The Labute approximate surface area is 150 Å². The molecular weight excluding hydrogens is 348 g/mol. The second-order valence-electron chi connectivity index (χ2n) is 6.00. The van der Waals surface area contributed by atoms with Crippen molar-refractivity contribution in [2.24, 2.45) is 0 Å². The first-order valence-corrected chi connectivity index (χ1v) is 8.27. The van der Waals surface area contributed by atoms with E-state index in [2.05, 4.69) is 5.32 Å². The van der Waals surface area contributed by atoms with Gasteiger partial charge in [0.1, 0.15) is 12.1 Å². The zero-order valence-electron chi connectivity index (χ0n) is 14.1. The fourth-order valence-corrected chi connectivity index (χ4v) is 3.13. The molecule has 1 aliphatic rings. The minimum absolute atomic E-state index is 0.102. The van der Waals surface area contributed by atoms with Gasteiger partial charge in [0, 0.05) is 31.3 Å². The third-order valence-electron chi connectivity index (χ3n) is 4.12. The minimum Gasteiger partial charge on any atom is -0.467 e. The highest BCUT2D eigenvalue weighted by Crippen LogP contribution is 2.19. The van der Waals surface area contributed by atoms with E-state index < -0.39 is 30.1 Å². The first kappa shape index (κ1) is 19.2. The molecule has 1 fully saturated rings. The van der Waals surface area contributed by atoms with Gasteiger partial charge in [-0.1, -0.05) is 23.7 Å². The van der Waals surface area contributed by atoms with Crippen molar-refractivity contribution in [2.75, 3.05) is 13.7 Å². The van der Waals surface area contributed by atoms with Gasteiger partial charge < -0.3 is 20.1 Å². The molecular formula is C17H21ClN2O5. The lowest BCUT2D eigenvalue weighted by Gasteiger charge is -2.24. The predicted octanol–water partition coefficient (Wildman–Crippen LogP) is 0.522. The number of likely N-dealkylation sites (tertiary alicyclic amines) is 1. The van der Waals surface area contributed by atoms with E-state index in [-0.39, 0.29) is 25.3 Å². The Balaban J connectivity index is 2.12. The van der Waals surface area contributed by atoms with Crippen LogP contribution in [0.5, 0.6) is 0 Å². The second kappa shape index (κ2) is 8.31. The number of halogens is 1. The molecule has 0 spiro atoms. The number of amides is 2. The molecule has 0 bridgehead atoms. The Morgan fingerprint density at radius 2 is 2.16 bits per heavy atom. The molecule has 0 saturated carbocycles. The molecule has 0 aliphatic carbocycles. The summed E-state index contributed by atoms with van der Waals surface area (Å²) in [4.78, 5) is 37.5. The molecule has 0 aromatic heterocycles. The van der Waals surface area contributed by atoms with Gasteiger partial charge in [0.2, 0.25) is 11.8 Å². The zero-order valence-corrected chi connectivity index (χ0v) is 14.8. The number of ether oxygens (including phenoxy) is 1. The molecule has 136 valence electrons. The fraction of sp³-hybridized carbons (Fsp3) is 0.471. The highest BCUT2D eigenvalue weighted by Gasteiger charge is 2.38. The summed E-state index contributed by atoms with van der Waals surface area (Å²) in [7, 11) is 1.24. The Bertz CT molecular complexity index is 666. The standard InChI is InChI=1S/C17H21ClN2O5/c1-10(21)20-9-13(22)8-15(20)16(23)19-14(17(24)25-2)7-11-4-3-5-12(18)6-11/h3-6,13-15,22H,7-9H2,1-2H3,(H,19,23)/t13-,14-,15+/m1/s1. The number of β-amino-alcohol motifs (C(OH)–C–C–N with tert-alkyl or cyclic N) is 1. The number of carbonyl (C=O) groups is 3. The van der Waals surface area contributed by atoms with Gasteiger partial charge in [-0.25, -0.2) is 4.79 Å². The number of benzene rings is 1. The van der Waals surface area contributed by atoms with Crippen LogP contribution in [0.15, 0.2) is 24.3 Å². The fourth-order valence-electron chi connectivity index (χ4n) is 2.91. The summed E-state index contributed by atoms with van der Waals surface area (Å²) in [6.07, 6.45) is -0.422. The van der Waals surface area contributed by atoms with E-state index in [0.717, 1.165) is 5.56 Å². The van der Waals surface area contributed by atoms with Crippen LogP contribution in [0.1, 0.15) is 18.9 Å². The number of aliphatic hydroxyl groups excluding tert-OH is 1. The van der Waals surface area contributed by atoms with Crippen molar-refractivity contribution in [3.8, 4) is 0 Å². The van der Waals surface area contributed by atoms with Crippen LogP contribution in [0.25, 0.3) is 0 Å². The van der Waals surface area contributed by atoms with E-state index in [1.54, 1.807) is 24.3 Å². The molecule has 0 radical (unpaired) electrons. The van der Waals surface area contributed by atoms with Gasteiger partial charge >= 0.3 is 5.97 Å². The van der Waals surface area contributed by atoms with Crippen LogP contribution in [0.3, 0.4) is 0 Å². The predicted molar refractivity (Wildman–Crippen MR) is 90.9 cm³/mol. The number of nitrogens with one attached hydrogen (secondary N) is 1. The molecule has 2 N–H and O–H groups in total. The molecule has 1 aliphatic heterocycles. The number of carbonyl (C=O) groups excluding carboxylic acids is 3. The van der Waals surface area contributed by atoms with Gasteiger partial charge in [-0.15, -0.1) is 0 Å². The summed E-state index contributed by atoms with van der Waals surface area (Å²) in [5.74, 6) is -1.40.